The number of carbonyl (C=O) groups is 2. The summed E-state index contributed by atoms with van der Waals surface area (Å²) in [5.74, 6) is -1.65. The second kappa shape index (κ2) is 4.99. The maximum absolute atomic E-state index is 10.9. The number of amides is 2. The predicted molar refractivity (Wildman–Crippen MR) is 64.4 cm³/mol. The summed E-state index contributed by atoms with van der Waals surface area (Å²) in [4.78, 5) is 21.4. The lowest BCUT2D eigenvalue weighted by molar-refractivity contribution is -0.137. The van der Waals surface area contributed by atoms with Crippen LogP contribution in [0.1, 0.15) is 23.1 Å². The van der Waals surface area contributed by atoms with Gasteiger partial charge in [-0.1, -0.05) is 18.2 Å². The van der Waals surface area contributed by atoms with Crippen molar-refractivity contribution in [1.82, 2.24) is 5.32 Å². The average molecular weight is 232 g/mol. The highest BCUT2D eigenvalue weighted by Gasteiger charge is 2.11. The lowest BCUT2D eigenvalue weighted by Gasteiger charge is -2.05. The molecule has 2 rings (SSSR count). The van der Waals surface area contributed by atoms with Crippen molar-refractivity contribution < 1.29 is 9.59 Å². The van der Waals surface area contributed by atoms with E-state index >= 15 is 0 Å². The summed E-state index contributed by atoms with van der Waals surface area (Å²) in [5, 5.41) is 2.48. The van der Waals surface area contributed by atoms with Gasteiger partial charge < -0.3 is 11.1 Å². The Balaban J connectivity index is 1.87. The summed E-state index contributed by atoms with van der Waals surface area (Å²) in [5.41, 5.74) is 8.89. The third-order valence-corrected chi connectivity index (χ3v) is 3.09. The van der Waals surface area contributed by atoms with E-state index in [0.717, 1.165) is 12.8 Å². The molecule has 0 saturated heterocycles. The lowest BCUT2D eigenvalue weighted by atomic mass is 10.0. The molecule has 4 heteroatoms. The Morgan fingerprint density at radius 3 is 2.76 bits per heavy atom. The second-order valence-electron chi connectivity index (χ2n) is 4.33. The Hall–Kier alpha value is -1.84. The van der Waals surface area contributed by atoms with Crippen LogP contribution in [0, 0.1) is 0 Å². The SMILES string of the molecule is NC(=O)C(=O)NCCc1ccc2c(c1)CCC2. The number of primary amides is 1. The lowest BCUT2D eigenvalue weighted by Crippen LogP contribution is -2.37. The van der Waals surface area contributed by atoms with E-state index < -0.39 is 11.8 Å². The molecule has 4 nitrogen and oxygen atoms in total. The molecule has 0 spiro atoms. The Bertz CT molecular complexity index is 455. The zero-order chi connectivity index (χ0) is 12.3. The van der Waals surface area contributed by atoms with Crippen LogP contribution in [0.3, 0.4) is 0 Å². The zero-order valence-corrected chi connectivity index (χ0v) is 9.66. The minimum absolute atomic E-state index is 0.445. The first-order valence-electron chi connectivity index (χ1n) is 5.85. The van der Waals surface area contributed by atoms with Crippen molar-refractivity contribution in [2.45, 2.75) is 25.7 Å². The largest absolute Gasteiger partial charge is 0.361 e. The van der Waals surface area contributed by atoms with E-state index in [-0.39, 0.29) is 0 Å². The Morgan fingerprint density at radius 2 is 2.00 bits per heavy atom. The number of carbonyl (C=O) groups excluding carboxylic acids is 2. The molecule has 0 atom stereocenters. The van der Waals surface area contributed by atoms with Gasteiger partial charge in [-0.3, -0.25) is 9.59 Å². The quantitative estimate of drug-likeness (QED) is 0.737. The number of fused-ring (bicyclic) bond motifs is 1. The highest BCUT2D eigenvalue weighted by Crippen LogP contribution is 2.22. The third-order valence-electron chi connectivity index (χ3n) is 3.09. The fourth-order valence-corrected chi connectivity index (χ4v) is 2.19. The van der Waals surface area contributed by atoms with Crippen LogP contribution in [0.2, 0.25) is 0 Å². The summed E-state index contributed by atoms with van der Waals surface area (Å²) in [7, 11) is 0. The van der Waals surface area contributed by atoms with Crippen LogP contribution in [0.5, 0.6) is 0 Å². The average Bonchev–Trinajstić information content (AvgIpc) is 2.75. The molecule has 0 unspecified atom stereocenters. The highest BCUT2D eigenvalue weighted by molar-refractivity contribution is 6.34. The summed E-state index contributed by atoms with van der Waals surface area (Å²) in [6.07, 6.45) is 4.29. The number of hydrogen-bond acceptors (Lipinski definition) is 2. The Kier molecular flexibility index (Phi) is 3.42. The smallest absolute Gasteiger partial charge is 0.309 e. The first-order valence-corrected chi connectivity index (χ1v) is 5.85. The van der Waals surface area contributed by atoms with Gasteiger partial charge in [0.25, 0.3) is 0 Å². The molecule has 0 aliphatic heterocycles. The molecule has 0 heterocycles. The molecule has 1 aliphatic carbocycles. The summed E-state index contributed by atoms with van der Waals surface area (Å²) < 4.78 is 0. The minimum Gasteiger partial charge on any atom is -0.361 e. The van der Waals surface area contributed by atoms with Gasteiger partial charge >= 0.3 is 11.8 Å². The van der Waals surface area contributed by atoms with Gasteiger partial charge in [-0.2, -0.15) is 0 Å². The van der Waals surface area contributed by atoms with E-state index in [4.69, 9.17) is 5.73 Å². The molecule has 3 N–H and O–H groups in total. The van der Waals surface area contributed by atoms with Crippen LogP contribution in [0.15, 0.2) is 18.2 Å². The van der Waals surface area contributed by atoms with Gasteiger partial charge in [0.05, 0.1) is 0 Å². The fourth-order valence-electron chi connectivity index (χ4n) is 2.19. The third kappa shape index (κ3) is 2.84. The van der Waals surface area contributed by atoms with E-state index in [1.54, 1.807) is 0 Å². The van der Waals surface area contributed by atoms with Gasteiger partial charge in [0.2, 0.25) is 0 Å². The Morgan fingerprint density at radius 1 is 1.24 bits per heavy atom. The first kappa shape index (κ1) is 11.6. The molecule has 0 fully saturated rings. The fraction of sp³-hybridized carbons (Fsp3) is 0.385. The number of benzene rings is 1. The molecule has 90 valence electrons. The predicted octanol–water partition coefficient (Wildman–Crippen LogP) is 0.319. The van der Waals surface area contributed by atoms with Crippen molar-refractivity contribution in [2.24, 2.45) is 5.73 Å². The summed E-state index contributed by atoms with van der Waals surface area (Å²) in [6, 6.07) is 6.44. The topological polar surface area (TPSA) is 72.2 Å². The van der Waals surface area contributed by atoms with E-state index in [9.17, 15) is 9.59 Å². The number of hydrogen-bond donors (Lipinski definition) is 2. The summed E-state index contributed by atoms with van der Waals surface area (Å²) >= 11 is 0. The van der Waals surface area contributed by atoms with Crippen LogP contribution >= 0.6 is 0 Å². The van der Waals surface area contributed by atoms with Crippen molar-refractivity contribution in [2.75, 3.05) is 6.54 Å². The maximum Gasteiger partial charge on any atom is 0.309 e. The van der Waals surface area contributed by atoms with E-state index in [1.807, 2.05) is 0 Å². The van der Waals surface area contributed by atoms with Crippen molar-refractivity contribution in [1.29, 1.82) is 0 Å². The molecular weight excluding hydrogens is 216 g/mol. The van der Waals surface area contributed by atoms with E-state index in [0.29, 0.717) is 6.54 Å². The maximum atomic E-state index is 10.9. The number of rotatable bonds is 3. The molecule has 0 bridgehead atoms. The van der Waals surface area contributed by atoms with Crippen LogP contribution in [-0.2, 0) is 28.9 Å². The highest BCUT2D eigenvalue weighted by atomic mass is 16.2. The second-order valence-corrected chi connectivity index (χ2v) is 4.33. The van der Waals surface area contributed by atoms with E-state index in [2.05, 4.69) is 23.5 Å². The standard InChI is InChI=1S/C13H16N2O2/c14-12(16)13(17)15-7-6-9-4-5-10-2-1-3-11(10)8-9/h4-5,8H,1-3,6-7H2,(H2,14,16)(H,15,17). The van der Waals surface area contributed by atoms with Gasteiger partial charge in [-0.15, -0.1) is 0 Å². The monoisotopic (exact) mass is 232 g/mol. The molecule has 1 aromatic rings. The minimum atomic E-state index is -0.932. The van der Waals surface area contributed by atoms with Crippen LogP contribution < -0.4 is 11.1 Å². The van der Waals surface area contributed by atoms with Gasteiger partial charge in [-0.25, -0.2) is 0 Å². The molecule has 1 aromatic carbocycles. The van der Waals surface area contributed by atoms with Crippen molar-refractivity contribution in [3.8, 4) is 0 Å². The van der Waals surface area contributed by atoms with Crippen LogP contribution in [0.25, 0.3) is 0 Å². The zero-order valence-electron chi connectivity index (χ0n) is 9.66. The first-order chi connectivity index (χ1) is 8.16. The van der Waals surface area contributed by atoms with Crippen molar-refractivity contribution in [3.05, 3.63) is 34.9 Å². The molecule has 17 heavy (non-hydrogen) atoms. The van der Waals surface area contributed by atoms with Gasteiger partial charge in [0.15, 0.2) is 0 Å². The van der Waals surface area contributed by atoms with Crippen LogP contribution in [0.4, 0.5) is 0 Å². The molecular formula is C13H16N2O2. The van der Waals surface area contributed by atoms with Crippen LogP contribution in [-0.4, -0.2) is 18.4 Å². The summed E-state index contributed by atoms with van der Waals surface area (Å²) in [6.45, 7) is 0.445. The van der Waals surface area contributed by atoms with Crippen molar-refractivity contribution in [3.63, 3.8) is 0 Å². The number of nitrogens with one attached hydrogen (secondary N) is 1. The van der Waals surface area contributed by atoms with Crippen molar-refractivity contribution >= 4 is 11.8 Å². The molecule has 1 aliphatic rings. The van der Waals surface area contributed by atoms with E-state index in [1.165, 1.54) is 29.5 Å². The number of nitrogens with two attached hydrogens (primary N) is 1. The molecule has 2 amide bonds. The van der Waals surface area contributed by atoms with Gasteiger partial charge in [0.1, 0.15) is 0 Å². The Labute approximate surface area is 100 Å². The molecule has 0 radical (unpaired) electrons. The normalized spacial score (nSPS) is 13.2. The molecule has 0 aromatic heterocycles. The van der Waals surface area contributed by atoms with Gasteiger partial charge in [0, 0.05) is 6.54 Å². The van der Waals surface area contributed by atoms with Gasteiger partial charge in [-0.05, 0) is 42.4 Å². The molecule has 0 saturated carbocycles. The number of aryl methyl sites for hydroxylation is 2.